The molecule has 0 aromatic carbocycles. The van der Waals surface area contributed by atoms with Crippen LogP contribution >= 0.6 is 11.3 Å². The smallest absolute Gasteiger partial charge is 0.295 e. The zero-order valence-corrected chi connectivity index (χ0v) is 13.9. The molecule has 1 aliphatic rings. The summed E-state index contributed by atoms with van der Waals surface area (Å²) < 4.78 is 10.5. The Morgan fingerprint density at radius 3 is 2.95 bits per heavy atom. The number of carbonyl (C=O) groups is 1. The van der Waals surface area contributed by atoms with Gasteiger partial charge in [0.15, 0.2) is 5.76 Å². The summed E-state index contributed by atoms with van der Waals surface area (Å²) in [6.45, 7) is 7.10. The first-order valence-corrected chi connectivity index (χ1v) is 8.09. The molecule has 0 unspecified atom stereocenters. The van der Waals surface area contributed by atoms with E-state index >= 15 is 0 Å². The van der Waals surface area contributed by atoms with E-state index in [1.807, 2.05) is 4.90 Å². The Balaban J connectivity index is 1.94. The van der Waals surface area contributed by atoms with Crippen LogP contribution in [-0.2, 0) is 11.3 Å². The molecule has 0 N–H and O–H groups in total. The van der Waals surface area contributed by atoms with Gasteiger partial charge in [0.25, 0.3) is 5.91 Å². The number of aryl methyl sites for hydroxylation is 1. The van der Waals surface area contributed by atoms with Gasteiger partial charge in [-0.15, -0.1) is 11.3 Å². The second kappa shape index (κ2) is 6.24. The van der Waals surface area contributed by atoms with E-state index in [-0.39, 0.29) is 5.91 Å². The van der Waals surface area contributed by atoms with Gasteiger partial charge in [-0.3, -0.25) is 14.6 Å². The molecule has 2 aromatic rings. The van der Waals surface area contributed by atoms with E-state index in [0.29, 0.717) is 19.0 Å². The molecule has 0 aliphatic carbocycles. The Morgan fingerprint density at radius 1 is 1.45 bits per heavy atom. The van der Waals surface area contributed by atoms with E-state index in [4.69, 9.17) is 9.15 Å². The maximum Gasteiger partial charge on any atom is 0.295 e. The minimum Gasteiger partial charge on any atom is -0.459 e. The Hall–Kier alpha value is -1.63. The molecule has 0 bridgehead atoms. The van der Waals surface area contributed by atoms with E-state index in [2.05, 4.69) is 18.7 Å². The predicted molar refractivity (Wildman–Crippen MR) is 86.5 cm³/mol. The number of rotatable bonds is 4. The molecule has 0 saturated heterocycles. The first-order chi connectivity index (χ1) is 10.6. The van der Waals surface area contributed by atoms with Gasteiger partial charge in [0.2, 0.25) is 0 Å². The molecule has 3 rings (SSSR count). The number of methoxy groups -OCH3 is 1. The van der Waals surface area contributed by atoms with E-state index in [0.717, 1.165) is 18.1 Å². The number of nitrogens with zero attached hydrogens (tertiary/aromatic N) is 2. The summed E-state index contributed by atoms with van der Waals surface area (Å²) in [4.78, 5) is 18.0. The number of thiophene rings is 1. The third-order valence-corrected chi connectivity index (χ3v) is 5.32. The van der Waals surface area contributed by atoms with Crippen molar-refractivity contribution in [1.29, 1.82) is 0 Å². The average Bonchev–Trinajstić information content (AvgIpc) is 3.14. The number of amides is 1. The fraction of sp³-hybridized carbons (Fsp3) is 0.438. The number of furan rings is 1. The highest BCUT2D eigenvalue weighted by Gasteiger charge is 2.32. The first kappa shape index (κ1) is 15.3. The largest absolute Gasteiger partial charge is 0.459 e. The fourth-order valence-electron chi connectivity index (χ4n) is 2.66. The number of fused-ring (bicyclic) bond motifs is 1. The third kappa shape index (κ3) is 2.69. The third-order valence-electron chi connectivity index (χ3n) is 4.05. The van der Waals surface area contributed by atoms with Crippen molar-refractivity contribution in [3.8, 4) is 0 Å². The van der Waals surface area contributed by atoms with Gasteiger partial charge in [-0.1, -0.05) is 0 Å². The molecule has 2 aromatic heterocycles. The van der Waals surface area contributed by atoms with E-state index < -0.39 is 0 Å². The van der Waals surface area contributed by atoms with Crippen molar-refractivity contribution >= 4 is 22.2 Å². The Bertz CT molecular complexity index is 663. The van der Waals surface area contributed by atoms with Gasteiger partial charge in [0, 0.05) is 30.6 Å². The summed E-state index contributed by atoms with van der Waals surface area (Å²) in [5.41, 5.74) is 2.52. The lowest BCUT2D eigenvalue weighted by molar-refractivity contribution is 0.0913. The van der Waals surface area contributed by atoms with Gasteiger partial charge >= 0.3 is 0 Å². The molecule has 5 nitrogen and oxygen atoms in total. The van der Waals surface area contributed by atoms with Crippen molar-refractivity contribution < 1.29 is 13.9 Å². The standard InChI is InChI=1S/C16H20N2O3S/c1-11-12(2)22-16-13(11)9-17(6-8-20-3)10-18(16)15(19)14-5-4-7-21-14/h4-5,7H,6,8-10H2,1-3H3. The lowest BCUT2D eigenvalue weighted by Crippen LogP contribution is -2.46. The molecule has 3 heterocycles. The van der Waals surface area contributed by atoms with E-state index in [1.165, 1.54) is 22.3 Å². The summed E-state index contributed by atoms with van der Waals surface area (Å²) in [5.74, 6) is 0.290. The van der Waals surface area contributed by atoms with Gasteiger partial charge in [-0.25, -0.2) is 0 Å². The Kier molecular flexibility index (Phi) is 4.33. The van der Waals surface area contributed by atoms with Crippen LogP contribution in [0.1, 0.15) is 26.6 Å². The molecular formula is C16H20N2O3S. The molecule has 22 heavy (non-hydrogen) atoms. The van der Waals surface area contributed by atoms with Crippen molar-refractivity contribution in [2.24, 2.45) is 0 Å². The zero-order chi connectivity index (χ0) is 15.7. The van der Waals surface area contributed by atoms with Gasteiger partial charge < -0.3 is 9.15 Å². The summed E-state index contributed by atoms with van der Waals surface area (Å²) >= 11 is 1.68. The molecule has 1 amide bonds. The van der Waals surface area contributed by atoms with Gasteiger partial charge in [-0.2, -0.15) is 0 Å². The highest BCUT2D eigenvalue weighted by molar-refractivity contribution is 7.16. The average molecular weight is 320 g/mol. The Morgan fingerprint density at radius 2 is 2.27 bits per heavy atom. The van der Waals surface area contributed by atoms with Crippen LogP contribution in [0, 0.1) is 13.8 Å². The van der Waals surface area contributed by atoms with Crippen LogP contribution in [-0.4, -0.2) is 37.7 Å². The van der Waals surface area contributed by atoms with Crippen LogP contribution in [0.15, 0.2) is 22.8 Å². The van der Waals surface area contributed by atoms with Crippen LogP contribution in [0.5, 0.6) is 0 Å². The maximum atomic E-state index is 12.7. The molecule has 0 saturated carbocycles. The van der Waals surface area contributed by atoms with Crippen molar-refractivity contribution in [3.05, 3.63) is 40.2 Å². The molecule has 0 atom stereocenters. The predicted octanol–water partition coefficient (Wildman–Crippen LogP) is 3.02. The summed E-state index contributed by atoms with van der Waals surface area (Å²) in [7, 11) is 1.70. The normalized spacial score (nSPS) is 15.1. The maximum absolute atomic E-state index is 12.7. The van der Waals surface area contributed by atoms with Crippen LogP contribution in [0.25, 0.3) is 0 Å². The molecule has 1 aliphatic heterocycles. The van der Waals surface area contributed by atoms with Crippen molar-refractivity contribution in [2.75, 3.05) is 31.8 Å². The molecule has 0 fully saturated rings. The minimum absolute atomic E-state index is 0.0883. The minimum atomic E-state index is -0.0883. The molecule has 0 radical (unpaired) electrons. The molecule has 118 valence electrons. The molecule has 0 spiro atoms. The lowest BCUT2D eigenvalue weighted by atomic mass is 10.1. The van der Waals surface area contributed by atoms with Crippen LogP contribution < -0.4 is 4.90 Å². The number of ether oxygens (including phenoxy) is 1. The summed E-state index contributed by atoms with van der Waals surface area (Å²) in [6.07, 6.45) is 1.53. The molecule has 6 heteroatoms. The Labute approximate surface area is 134 Å². The number of hydrogen-bond acceptors (Lipinski definition) is 5. The second-order valence-electron chi connectivity index (χ2n) is 5.46. The second-order valence-corrected chi connectivity index (χ2v) is 6.67. The van der Waals surface area contributed by atoms with Crippen LogP contribution in [0.3, 0.4) is 0 Å². The monoisotopic (exact) mass is 320 g/mol. The van der Waals surface area contributed by atoms with Gasteiger partial charge in [-0.05, 0) is 31.5 Å². The highest BCUT2D eigenvalue weighted by Crippen LogP contribution is 2.39. The van der Waals surface area contributed by atoms with E-state index in [9.17, 15) is 4.79 Å². The van der Waals surface area contributed by atoms with Crippen molar-refractivity contribution in [2.45, 2.75) is 20.4 Å². The fourth-order valence-corrected chi connectivity index (χ4v) is 3.82. The first-order valence-electron chi connectivity index (χ1n) is 7.27. The lowest BCUT2D eigenvalue weighted by Gasteiger charge is -2.35. The zero-order valence-electron chi connectivity index (χ0n) is 13.1. The molecular weight excluding hydrogens is 300 g/mol. The van der Waals surface area contributed by atoms with Crippen LogP contribution in [0.2, 0.25) is 0 Å². The number of carbonyl (C=O) groups excluding carboxylic acids is 1. The number of hydrogen-bond donors (Lipinski definition) is 0. The summed E-state index contributed by atoms with van der Waals surface area (Å²) in [6, 6.07) is 3.45. The van der Waals surface area contributed by atoms with Crippen molar-refractivity contribution in [1.82, 2.24) is 4.90 Å². The topological polar surface area (TPSA) is 45.9 Å². The highest BCUT2D eigenvalue weighted by atomic mass is 32.1. The number of anilines is 1. The summed E-state index contributed by atoms with van der Waals surface area (Å²) in [5, 5.41) is 1.05. The van der Waals surface area contributed by atoms with Gasteiger partial charge in [0.05, 0.1) is 19.5 Å². The SMILES string of the molecule is COCCN1Cc2c(sc(C)c2C)N(C(=O)c2ccco2)C1. The van der Waals surface area contributed by atoms with Crippen LogP contribution in [0.4, 0.5) is 5.00 Å². The van der Waals surface area contributed by atoms with E-state index in [1.54, 1.807) is 30.6 Å². The van der Waals surface area contributed by atoms with Gasteiger partial charge in [0.1, 0.15) is 5.00 Å². The quantitative estimate of drug-likeness (QED) is 0.869. The van der Waals surface area contributed by atoms with Crippen molar-refractivity contribution in [3.63, 3.8) is 0 Å².